The highest BCUT2D eigenvalue weighted by Gasteiger charge is 2.18. The monoisotopic (exact) mass is 289 g/mol. The minimum atomic E-state index is -0.425. The van der Waals surface area contributed by atoms with Gasteiger partial charge in [-0.15, -0.1) is 0 Å². The van der Waals surface area contributed by atoms with Crippen LogP contribution in [-0.4, -0.2) is 30.7 Å². The topological polar surface area (TPSA) is 56.3 Å². The fourth-order valence-corrected chi connectivity index (χ4v) is 2.37. The van der Waals surface area contributed by atoms with Gasteiger partial charge in [0.25, 0.3) is 0 Å². The van der Waals surface area contributed by atoms with Gasteiger partial charge < -0.3 is 14.8 Å². The maximum Gasteiger partial charge on any atom is 0.165 e. The van der Waals surface area contributed by atoms with Gasteiger partial charge in [0.2, 0.25) is 0 Å². The second-order valence-electron chi connectivity index (χ2n) is 4.72. The highest BCUT2D eigenvalue weighted by Crippen LogP contribution is 2.28. The number of hydrogen-bond donors (Lipinski definition) is 1. The largest absolute Gasteiger partial charge is 0.494 e. The normalized spacial score (nSPS) is 13.7. The number of fused-ring (bicyclic) bond motifs is 1. The molecular weight excluding hydrogens is 273 g/mol. The Kier molecular flexibility index (Phi) is 3.70. The van der Waals surface area contributed by atoms with Gasteiger partial charge in [0, 0.05) is 24.6 Å². The third-order valence-electron chi connectivity index (χ3n) is 3.47. The van der Waals surface area contributed by atoms with Crippen LogP contribution in [0.15, 0.2) is 18.2 Å². The van der Waals surface area contributed by atoms with E-state index in [0.717, 1.165) is 23.5 Å². The summed E-state index contributed by atoms with van der Waals surface area (Å²) in [5.74, 6) is 1.01. The van der Waals surface area contributed by atoms with Crippen LogP contribution in [-0.2, 0) is 17.8 Å². The van der Waals surface area contributed by atoms with Crippen LogP contribution < -0.4 is 10.1 Å². The number of benzene rings is 1. The van der Waals surface area contributed by atoms with Crippen molar-refractivity contribution in [3.63, 3.8) is 0 Å². The molecule has 1 aromatic carbocycles. The van der Waals surface area contributed by atoms with Gasteiger partial charge in [0.15, 0.2) is 17.4 Å². The molecule has 1 N–H and O–H groups in total. The minimum Gasteiger partial charge on any atom is -0.494 e. The zero-order valence-corrected chi connectivity index (χ0v) is 11.9. The highest BCUT2D eigenvalue weighted by atomic mass is 19.1. The molecule has 0 spiro atoms. The number of halogens is 1. The number of rotatable bonds is 3. The number of nitrogens with zero attached hydrogens (tertiary/aromatic N) is 2. The summed E-state index contributed by atoms with van der Waals surface area (Å²) in [5, 5.41) is 3.05. The van der Waals surface area contributed by atoms with Gasteiger partial charge in [-0.3, -0.25) is 0 Å². The van der Waals surface area contributed by atoms with Crippen molar-refractivity contribution >= 4 is 5.82 Å². The van der Waals surface area contributed by atoms with E-state index in [-0.39, 0.29) is 5.75 Å². The molecule has 0 radical (unpaired) electrons. The number of nitrogens with one attached hydrogen (secondary N) is 1. The number of aromatic nitrogens is 2. The molecule has 0 fully saturated rings. The maximum absolute atomic E-state index is 13.8. The van der Waals surface area contributed by atoms with Crippen LogP contribution in [0.5, 0.6) is 5.75 Å². The predicted octanol–water partition coefficient (Wildman–Crippen LogP) is 2.41. The first-order chi connectivity index (χ1) is 10.2. The van der Waals surface area contributed by atoms with Gasteiger partial charge in [-0.2, -0.15) is 0 Å². The van der Waals surface area contributed by atoms with E-state index in [1.807, 2.05) is 0 Å². The quantitative estimate of drug-likeness (QED) is 0.940. The molecule has 3 rings (SSSR count). The van der Waals surface area contributed by atoms with Crippen LogP contribution >= 0.6 is 0 Å². The van der Waals surface area contributed by atoms with Crippen molar-refractivity contribution in [2.75, 3.05) is 26.1 Å². The van der Waals surface area contributed by atoms with E-state index < -0.39 is 5.82 Å². The second-order valence-corrected chi connectivity index (χ2v) is 4.72. The summed E-state index contributed by atoms with van der Waals surface area (Å²) in [7, 11) is 3.24. The smallest absolute Gasteiger partial charge is 0.165 e. The zero-order chi connectivity index (χ0) is 14.8. The summed E-state index contributed by atoms with van der Waals surface area (Å²) < 4.78 is 24.2. The Morgan fingerprint density at radius 2 is 2.19 bits per heavy atom. The van der Waals surface area contributed by atoms with Gasteiger partial charge in [0.05, 0.1) is 26.0 Å². The Labute approximate surface area is 122 Å². The lowest BCUT2D eigenvalue weighted by molar-refractivity contribution is 0.109. The molecule has 0 saturated carbocycles. The van der Waals surface area contributed by atoms with Crippen molar-refractivity contribution in [3.8, 4) is 17.1 Å². The van der Waals surface area contributed by atoms with Gasteiger partial charge >= 0.3 is 0 Å². The molecule has 21 heavy (non-hydrogen) atoms. The minimum absolute atomic E-state index is 0.207. The zero-order valence-electron chi connectivity index (χ0n) is 11.9. The molecule has 110 valence electrons. The standard InChI is InChI=1S/C15H16FN3O2/c1-17-15-10-8-21-6-5-12(10)18-14(19-15)9-3-4-13(20-2)11(16)7-9/h3-4,7H,5-6,8H2,1-2H3,(H,17,18,19). The molecule has 1 aliphatic rings. The first kappa shape index (κ1) is 13.8. The first-order valence-electron chi connectivity index (χ1n) is 6.72. The Balaban J connectivity index is 2.08. The molecule has 2 aromatic rings. The van der Waals surface area contributed by atoms with Crippen molar-refractivity contribution in [2.24, 2.45) is 0 Å². The Morgan fingerprint density at radius 1 is 1.33 bits per heavy atom. The fraction of sp³-hybridized carbons (Fsp3) is 0.333. The fourth-order valence-electron chi connectivity index (χ4n) is 2.37. The van der Waals surface area contributed by atoms with Crippen LogP contribution in [0.1, 0.15) is 11.3 Å². The van der Waals surface area contributed by atoms with E-state index in [4.69, 9.17) is 9.47 Å². The molecular formula is C15H16FN3O2. The lowest BCUT2D eigenvalue weighted by Gasteiger charge is -2.19. The van der Waals surface area contributed by atoms with E-state index in [1.165, 1.54) is 13.2 Å². The Hall–Kier alpha value is -2.21. The molecule has 2 heterocycles. The van der Waals surface area contributed by atoms with E-state index in [9.17, 15) is 4.39 Å². The third kappa shape index (κ3) is 2.54. The van der Waals surface area contributed by atoms with Crippen LogP contribution in [0.4, 0.5) is 10.2 Å². The van der Waals surface area contributed by atoms with Gasteiger partial charge in [-0.05, 0) is 18.2 Å². The maximum atomic E-state index is 13.8. The summed E-state index contributed by atoms with van der Waals surface area (Å²) in [5.41, 5.74) is 2.55. The number of methoxy groups -OCH3 is 1. The van der Waals surface area contributed by atoms with Crippen molar-refractivity contribution in [1.82, 2.24) is 9.97 Å². The molecule has 5 nitrogen and oxygen atoms in total. The lowest BCUT2D eigenvalue weighted by Crippen LogP contribution is -2.16. The molecule has 0 bridgehead atoms. The summed E-state index contributed by atoms with van der Waals surface area (Å²) in [6, 6.07) is 4.72. The van der Waals surface area contributed by atoms with Crippen LogP contribution in [0.2, 0.25) is 0 Å². The number of hydrogen-bond acceptors (Lipinski definition) is 5. The van der Waals surface area contributed by atoms with Crippen LogP contribution in [0, 0.1) is 5.82 Å². The van der Waals surface area contributed by atoms with Gasteiger partial charge in [-0.1, -0.05) is 0 Å². The van der Waals surface area contributed by atoms with Crippen molar-refractivity contribution in [1.29, 1.82) is 0 Å². The number of ether oxygens (including phenoxy) is 2. The van der Waals surface area contributed by atoms with Crippen molar-refractivity contribution in [3.05, 3.63) is 35.3 Å². The van der Waals surface area contributed by atoms with Crippen LogP contribution in [0.3, 0.4) is 0 Å². The number of anilines is 1. The van der Waals surface area contributed by atoms with Crippen molar-refractivity contribution < 1.29 is 13.9 Å². The summed E-state index contributed by atoms with van der Waals surface area (Å²) in [6.07, 6.45) is 0.734. The first-order valence-corrected chi connectivity index (χ1v) is 6.72. The lowest BCUT2D eigenvalue weighted by atomic mass is 10.1. The highest BCUT2D eigenvalue weighted by molar-refractivity contribution is 5.61. The molecule has 0 amide bonds. The molecule has 0 unspecified atom stereocenters. The molecule has 0 aliphatic carbocycles. The predicted molar refractivity (Wildman–Crippen MR) is 76.9 cm³/mol. The average Bonchev–Trinajstić information content (AvgIpc) is 2.53. The van der Waals surface area contributed by atoms with Gasteiger partial charge in [0.1, 0.15) is 5.82 Å². The van der Waals surface area contributed by atoms with E-state index in [0.29, 0.717) is 24.6 Å². The molecule has 6 heteroatoms. The van der Waals surface area contributed by atoms with E-state index in [1.54, 1.807) is 19.2 Å². The van der Waals surface area contributed by atoms with E-state index in [2.05, 4.69) is 15.3 Å². The Bertz CT molecular complexity index is 659. The summed E-state index contributed by atoms with van der Waals surface area (Å²) >= 11 is 0. The second kappa shape index (κ2) is 5.65. The Morgan fingerprint density at radius 3 is 2.90 bits per heavy atom. The molecule has 0 saturated heterocycles. The SMILES string of the molecule is CNc1nc(-c2ccc(OC)c(F)c2)nc2c1COCC2. The average molecular weight is 289 g/mol. The summed E-state index contributed by atoms with van der Waals surface area (Å²) in [6.45, 7) is 1.15. The molecule has 1 aliphatic heterocycles. The third-order valence-corrected chi connectivity index (χ3v) is 3.47. The van der Waals surface area contributed by atoms with E-state index >= 15 is 0 Å². The summed E-state index contributed by atoms with van der Waals surface area (Å²) in [4.78, 5) is 9.01. The molecule has 0 atom stereocenters. The van der Waals surface area contributed by atoms with Gasteiger partial charge in [-0.25, -0.2) is 14.4 Å². The van der Waals surface area contributed by atoms with Crippen molar-refractivity contribution in [2.45, 2.75) is 13.0 Å². The van der Waals surface area contributed by atoms with Crippen LogP contribution in [0.25, 0.3) is 11.4 Å². The molecule has 1 aromatic heterocycles.